The summed E-state index contributed by atoms with van der Waals surface area (Å²) in [6.45, 7) is 2.29. The predicted octanol–water partition coefficient (Wildman–Crippen LogP) is 2.79. The van der Waals surface area contributed by atoms with Gasteiger partial charge in [-0.1, -0.05) is 6.07 Å². The van der Waals surface area contributed by atoms with Crippen molar-refractivity contribution in [1.82, 2.24) is 4.98 Å². The van der Waals surface area contributed by atoms with E-state index in [0.29, 0.717) is 23.7 Å². The van der Waals surface area contributed by atoms with Crippen LogP contribution in [0.2, 0.25) is 0 Å². The van der Waals surface area contributed by atoms with Crippen LogP contribution < -0.4 is 9.47 Å². The summed E-state index contributed by atoms with van der Waals surface area (Å²) >= 11 is 0. The van der Waals surface area contributed by atoms with Crippen LogP contribution in [0.1, 0.15) is 21.6 Å². The van der Waals surface area contributed by atoms with E-state index in [-0.39, 0.29) is 0 Å². The fraction of sp³-hybridized carbons (Fsp3) is 0.200. The third-order valence-electron chi connectivity index (χ3n) is 2.83. The minimum Gasteiger partial charge on any atom is -0.497 e. The van der Waals surface area contributed by atoms with Crippen molar-refractivity contribution in [1.29, 1.82) is 0 Å². The van der Waals surface area contributed by atoms with Crippen molar-refractivity contribution in [3.63, 3.8) is 0 Å². The van der Waals surface area contributed by atoms with Crippen LogP contribution >= 0.6 is 0 Å². The highest BCUT2D eigenvalue weighted by molar-refractivity contribution is 5.79. The molecule has 0 aliphatic rings. The number of hydrogen-bond donors (Lipinski definition) is 0. The van der Waals surface area contributed by atoms with Gasteiger partial charge in [0.15, 0.2) is 6.29 Å². The zero-order valence-corrected chi connectivity index (χ0v) is 10.9. The average Bonchev–Trinajstić information content (AvgIpc) is 2.46. The van der Waals surface area contributed by atoms with Gasteiger partial charge in [-0.15, -0.1) is 0 Å². The molecule has 2 rings (SSSR count). The summed E-state index contributed by atoms with van der Waals surface area (Å²) in [7, 11) is 1.57. The Morgan fingerprint density at radius 1 is 1.32 bits per heavy atom. The van der Waals surface area contributed by atoms with E-state index in [1.807, 2.05) is 19.1 Å². The zero-order valence-electron chi connectivity index (χ0n) is 10.9. The fourth-order valence-corrected chi connectivity index (χ4v) is 1.68. The Bertz CT molecular complexity index is 581. The second-order valence-corrected chi connectivity index (χ2v) is 4.08. The molecule has 98 valence electrons. The lowest BCUT2D eigenvalue weighted by atomic mass is 10.2. The van der Waals surface area contributed by atoms with E-state index in [9.17, 15) is 4.79 Å². The number of hydrogen-bond acceptors (Lipinski definition) is 4. The fourth-order valence-electron chi connectivity index (χ4n) is 1.68. The maximum Gasteiger partial charge on any atom is 0.153 e. The van der Waals surface area contributed by atoms with Gasteiger partial charge in [-0.05, 0) is 30.7 Å². The summed E-state index contributed by atoms with van der Waals surface area (Å²) in [6, 6.07) is 8.94. The van der Waals surface area contributed by atoms with Gasteiger partial charge in [-0.25, -0.2) is 0 Å². The Hall–Kier alpha value is -2.36. The number of pyridine rings is 1. The van der Waals surface area contributed by atoms with Crippen molar-refractivity contribution in [3.8, 4) is 11.5 Å². The molecule has 0 saturated heterocycles. The molecule has 0 amide bonds. The molecule has 4 heteroatoms. The molecule has 19 heavy (non-hydrogen) atoms. The first-order valence-corrected chi connectivity index (χ1v) is 5.91. The van der Waals surface area contributed by atoms with Crippen LogP contribution in [0, 0.1) is 6.92 Å². The second-order valence-electron chi connectivity index (χ2n) is 4.08. The largest absolute Gasteiger partial charge is 0.497 e. The average molecular weight is 257 g/mol. The SMILES string of the molecule is COc1ccc(C=O)c(OCc2ncccc2C)c1. The number of aryl methyl sites for hydroxylation is 1. The van der Waals surface area contributed by atoms with E-state index in [0.717, 1.165) is 17.5 Å². The van der Waals surface area contributed by atoms with Crippen molar-refractivity contribution in [2.75, 3.05) is 7.11 Å². The van der Waals surface area contributed by atoms with Crippen LogP contribution in [0.4, 0.5) is 0 Å². The van der Waals surface area contributed by atoms with Crippen molar-refractivity contribution in [2.24, 2.45) is 0 Å². The van der Waals surface area contributed by atoms with Gasteiger partial charge < -0.3 is 9.47 Å². The minimum atomic E-state index is 0.320. The molecule has 0 saturated carbocycles. The van der Waals surface area contributed by atoms with Gasteiger partial charge in [0.1, 0.15) is 18.1 Å². The highest BCUT2D eigenvalue weighted by Crippen LogP contribution is 2.24. The molecule has 0 aliphatic heterocycles. The molecular weight excluding hydrogens is 242 g/mol. The molecule has 0 radical (unpaired) electrons. The van der Waals surface area contributed by atoms with Gasteiger partial charge >= 0.3 is 0 Å². The smallest absolute Gasteiger partial charge is 0.153 e. The van der Waals surface area contributed by atoms with Gasteiger partial charge in [0.25, 0.3) is 0 Å². The van der Waals surface area contributed by atoms with Crippen molar-refractivity contribution >= 4 is 6.29 Å². The Morgan fingerprint density at radius 3 is 2.84 bits per heavy atom. The third kappa shape index (κ3) is 3.10. The first-order chi connectivity index (χ1) is 9.24. The van der Waals surface area contributed by atoms with Crippen molar-refractivity contribution < 1.29 is 14.3 Å². The molecule has 0 N–H and O–H groups in total. The molecule has 4 nitrogen and oxygen atoms in total. The van der Waals surface area contributed by atoms with E-state index in [2.05, 4.69) is 4.98 Å². The van der Waals surface area contributed by atoms with Crippen molar-refractivity contribution in [3.05, 3.63) is 53.3 Å². The van der Waals surface area contributed by atoms with Gasteiger partial charge in [-0.2, -0.15) is 0 Å². The molecule has 0 unspecified atom stereocenters. The van der Waals surface area contributed by atoms with Gasteiger partial charge in [0, 0.05) is 12.3 Å². The zero-order chi connectivity index (χ0) is 13.7. The summed E-state index contributed by atoms with van der Waals surface area (Å²) in [5.74, 6) is 1.15. The Morgan fingerprint density at radius 2 is 2.16 bits per heavy atom. The summed E-state index contributed by atoms with van der Waals surface area (Å²) in [5, 5.41) is 0. The molecule has 0 bridgehead atoms. The predicted molar refractivity (Wildman–Crippen MR) is 71.7 cm³/mol. The summed E-state index contributed by atoms with van der Waals surface area (Å²) in [5.41, 5.74) is 2.40. The number of aromatic nitrogens is 1. The van der Waals surface area contributed by atoms with E-state index in [1.165, 1.54) is 0 Å². The molecule has 2 aromatic rings. The normalized spacial score (nSPS) is 10.0. The highest BCUT2D eigenvalue weighted by Gasteiger charge is 2.07. The quantitative estimate of drug-likeness (QED) is 0.773. The number of benzene rings is 1. The molecule has 1 aromatic heterocycles. The molecule has 1 aromatic carbocycles. The standard InChI is InChI=1S/C15H15NO3/c1-11-4-3-7-16-14(11)10-19-15-8-13(18-2)6-5-12(15)9-17/h3-9H,10H2,1-2H3. The summed E-state index contributed by atoms with van der Waals surface area (Å²) < 4.78 is 10.8. The first kappa shape index (κ1) is 13.1. The number of aldehydes is 1. The molecular formula is C15H15NO3. The maximum absolute atomic E-state index is 11.0. The monoisotopic (exact) mass is 257 g/mol. The van der Waals surface area contributed by atoms with Crippen molar-refractivity contribution in [2.45, 2.75) is 13.5 Å². The first-order valence-electron chi connectivity index (χ1n) is 5.91. The Kier molecular flexibility index (Phi) is 4.13. The van der Waals surface area contributed by atoms with Crippen LogP contribution in [0.15, 0.2) is 36.5 Å². The van der Waals surface area contributed by atoms with Crippen LogP contribution in [0.25, 0.3) is 0 Å². The molecule has 0 aliphatic carbocycles. The molecule has 0 atom stereocenters. The summed E-state index contributed by atoms with van der Waals surface area (Å²) in [4.78, 5) is 15.2. The lowest BCUT2D eigenvalue weighted by molar-refractivity contribution is 0.111. The highest BCUT2D eigenvalue weighted by atomic mass is 16.5. The van der Waals surface area contributed by atoms with Gasteiger partial charge in [0.2, 0.25) is 0 Å². The lowest BCUT2D eigenvalue weighted by Crippen LogP contribution is -2.02. The van der Waals surface area contributed by atoms with E-state index >= 15 is 0 Å². The van der Waals surface area contributed by atoms with Crippen LogP contribution in [-0.4, -0.2) is 18.4 Å². The van der Waals surface area contributed by atoms with E-state index in [4.69, 9.17) is 9.47 Å². The number of rotatable bonds is 5. The Balaban J connectivity index is 2.19. The number of nitrogens with zero attached hydrogens (tertiary/aromatic N) is 1. The molecule has 0 fully saturated rings. The van der Waals surface area contributed by atoms with Crippen LogP contribution in [0.5, 0.6) is 11.5 Å². The van der Waals surface area contributed by atoms with Crippen LogP contribution in [-0.2, 0) is 6.61 Å². The Labute approximate surface area is 112 Å². The van der Waals surface area contributed by atoms with E-state index in [1.54, 1.807) is 31.5 Å². The van der Waals surface area contributed by atoms with E-state index < -0.39 is 0 Å². The number of methoxy groups -OCH3 is 1. The lowest BCUT2D eigenvalue weighted by Gasteiger charge is -2.10. The number of carbonyl (C=O) groups excluding carboxylic acids is 1. The maximum atomic E-state index is 11.0. The number of carbonyl (C=O) groups is 1. The second kappa shape index (κ2) is 6.00. The minimum absolute atomic E-state index is 0.320. The molecule has 0 spiro atoms. The topological polar surface area (TPSA) is 48.4 Å². The van der Waals surface area contributed by atoms with Gasteiger partial charge in [0.05, 0.1) is 18.4 Å². The van der Waals surface area contributed by atoms with Gasteiger partial charge in [-0.3, -0.25) is 9.78 Å². The third-order valence-corrected chi connectivity index (χ3v) is 2.83. The number of ether oxygens (including phenoxy) is 2. The summed E-state index contributed by atoms with van der Waals surface area (Å²) in [6.07, 6.45) is 2.48. The molecule has 1 heterocycles. The van der Waals surface area contributed by atoms with Crippen LogP contribution in [0.3, 0.4) is 0 Å².